The van der Waals surface area contributed by atoms with Gasteiger partial charge in [-0.3, -0.25) is 0 Å². The van der Waals surface area contributed by atoms with E-state index in [1.54, 1.807) is 24.3 Å². The number of methoxy groups -OCH3 is 1. The number of halogens is 1. The molecule has 0 spiro atoms. The molecule has 2 aromatic carbocycles. The Hall–Kier alpha value is -2.68. The number of esters is 1. The van der Waals surface area contributed by atoms with Crippen molar-refractivity contribution in [2.24, 2.45) is 0 Å². The molecular formula is C20H18ClNO6S. The van der Waals surface area contributed by atoms with Gasteiger partial charge < -0.3 is 9.84 Å². The molecule has 0 aliphatic carbocycles. The third-order valence-electron chi connectivity index (χ3n) is 4.67. The van der Waals surface area contributed by atoms with Crippen molar-refractivity contribution < 1.29 is 27.9 Å². The normalized spacial score (nSPS) is 17.4. The predicted molar refractivity (Wildman–Crippen MR) is 106 cm³/mol. The predicted octanol–water partition coefficient (Wildman–Crippen LogP) is 3.27. The highest BCUT2D eigenvalue weighted by Gasteiger charge is 2.38. The Morgan fingerprint density at radius 1 is 1.14 bits per heavy atom. The van der Waals surface area contributed by atoms with Crippen molar-refractivity contribution in [3.05, 3.63) is 76.3 Å². The Bertz CT molecular complexity index is 1080. The zero-order valence-electron chi connectivity index (χ0n) is 15.4. The maximum absolute atomic E-state index is 13.5. The number of hydrogen-bond donors (Lipinski definition) is 1. The Kier molecular flexibility index (Phi) is 6.07. The van der Waals surface area contributed by atoms with Crippen LogP contribution in [0.5, 0.6) is 0 Å². The quantitative estimate of drug-likeness (QED) is 0.723. The first kappa shape index (κ1) is 21.0. The van der Waals surface area contributed by atoms with Crippen molar-refractivity contribution >= 4 is 33.6 Å². The van der Waals surface area contributed by atoms with Crippen molar-refractivity contribution in [1.82, 2.24) is 4.31 Å². The number of rotatable bonds is 5. The van der Waals surface area contributed by atoms with Gasteiger partial charge in [0.25, 0.3) is 0 Å². The van der Waals surface area contributed by atoms with Gasteiger partial charge in [0.15, 0.2) is 0 Å². The van der Waals surface area contributed by atoms with Crippen LogP contribution in [0, 0.1) is 0 Å². The van der Waals surface area contributed by atoms with E-state index in [-0.39, 0.29) is 29.0 Å². The van der Waals surface area contributed by atoms with Crippen LogP contribution in [0.25, 0.3) is 0 Å². The molecule has 2 aromatic rings. The summed E-state index contributed by atoms with van der Waals surface area (Å²) in [7, 11) is -3.07. The number of sulfonamides is 1. The van der Waals surface area contributed by atoms with Crippen LogP contribution < -0.4 is 0 Å². The van der Waals surface area contributed by atoms with Crippen LogP contribution in [0.15, 0.2) is 65.1 Å². The van der Waals surface area contributed by atoms with E-state index in [1.807, 2.05) is 0 Å². The number of carbonyl (C=O) groups excluding carboxylic acids is 1. The Morgan fingerprint density at radius 2 is 1.79 bits per heavy atom. The van der Waals surface area contributed by atoms with E-state index in [2.05, 4.69) is 0 Å². The lowest BCUT2D eigenvalue weighted by atomic mass is 9.98. The zero-order chi connectivity index (χ0) is 21.2. The second-order valence-electron chi connectivity index (χ2n) is 6.38. The highest BCUT2D eigenvalue weighted by molar-refractivity contribution is 7.89. The minimum Gasteiger partial charge on any atom is -0.478 e. The van der Waals surface area contributed by atoms with Gasteiger partial charge in [-0.25, -0.2) is 18.0 Å². The third-order valence-corrected chi connectivity index (χ3v) is 6.83. The molecule has 0 amide bonds. The van der Waals surface area contributed by atoms with E-state index in [4.69, 9.17) is 16.3 Å². The molecule has 1 unspecified atom stereocenters. The summed E-state index contributed by atoms with van der Waals surface area (Å²) in [5, 5.41) is 9.88. The molecule has 0 bridgehead atoms. The third kappa shape index (κ3) is 4.19. The molecule has 1 N–H and O–H groups in total. The molecule has 152 valence electrons. The van der Waals surface area contributed by atoms with Crippen molar-refractivity contribution in [2.75, 3.05) is 13.7 Å². The summed E-state index contributed by atoms with van der Waals surface area (Å²) >= 11 is 5.94. The lowest BCUT2D eigenvalue weighted by Gasteiger charge is -2.34. The van der Waals surface area contributed by atoms with Crippen LogP contribution in [-0.4, -0.2) is 43.4 Å². The summed E-state index contributed by atoms with van der Waals surface area (Å²) < 4.78 is 32.8. The Morgan fingerprint density at radius 3 is 2.41 bits per heavy atom. The molecule has 0 radical (unpaired) electrons. The lowest BCUT2D eigenvalue weighted by molar-refractivity contribution is -0.133. The summed E-state index contributed by atoms with van der Waals surface area (Å²) in [5.74, 6) is -1.99. The molecular weight excluding hydrogens is 418 g/mol. The minimum absolute atomic E-state index is 0.0330. The molecule has 0 aromatic heterocycles. The Labute approximate surface area is 173 Å². The van der Waals surface area contributed by atoms with E-state index in [0.29, 0.717) is 10.6 Å². The van der Waals surface area contributed by atoms with Gasteiger partial charge in [-0.15, -0.1) is 0 Å². The fourth-order valence-corrected chi connectivity index (χ4v) is 5.12. The van der Waals surface area contributed by atoms with Crippen molar-refractivity contribution in [3.63, 3.8) is 0 Å². The highest BCUT2D eigenvalue weighted by atomic mass is 35.5. The number of nitrogens with zero attached hydrogens (tertiary/aromatic N) is 1. The second-order valence-corrected chi connectivity index (χ2v) is 8.67. The standard InChI is InChI=1S/C20H18ClNO6S/c1-28-20(25)16-4-2-3-5-18(16)29(26,27)22-12-14(19(23)24)8-11-17(22)13-6-9-15(21)10-7-13/h2-10,17H,11-12H2,1H3,(H,23,24). The van der Waals surface area contributed by atoms with Crippen molar-refractivity contribution in [1.29, 1.82) is 0 Å². The highest BCUT2D eigenvalue weighted by Crippen LogP contribution is 2.36. The number of carbonyl (C=O) groups is 2. The average Bonchev–Trinajstić information content (AvgIpc) is 2.73. The van der Waals surface area contributed by atoms with Gasteiger partial charge in [-0.2, -0.15) is 4.31 Å². The first-order valence-electron chi connectivity index (χ1n) is 8.62. The van der Waals surface area contributed by atoms with Crippen LogP contribution >= 0.6 is 11.6 Å². The molecule has 0 fully saturated rings. The molecule has 7 nitrogen and oxygen atoms in total. The number of hydrogen-bond acceptors (Lipinski definition) is 5. The van der Waals surface area contributed by atoms with Crippen LogP contribution in [0.3, 0.4) is 0 Å². The molecule has 3 rings (SSSR count). The zero-order valence-corrected chi connectivity index (χ0v) is 17.0. The first-order valence-corrected chi connectivity index (χ1v) is 10.4. The minimum atomic E-state index is -4.23. The van der Waals surface area contributed by atoms with Crippen LogP contribution in [0.1, 0.15) is 28.4 Å². The van der Waals surface area contributed by atoms with Crippen LogP contribution in [-0.2, 0) is 19.6 Å². The van der Waals surface area contributed by atoms with Crippen LogP contribution in [0.4, 0.5) is 0 Å². The van der Waals surface area contributed by atoms with E-state index >= 15 is 0 Å². The second kappa shape index (κ2) is 8.36. The van der Waals surface area contributed by atoms with E-state index in [1.165, 1.54) is 30.3 Å². The van der Waals surface area contributed by atoms with Gasteiger partial charge in [0.2, 0.25) is 10.0 Å². The number of carboxylic acids is 1. The summed E-state index contributed by atoms with van der Waals surface area (Å²) in [6.07, 6.45) is 1.68. The van der Waals surface area contributed by atoms with Gasteiger partial charge in [0.1, 0.15) is 0 Å². The van der Waals surface area contributed by atoms with Crippen molar-refractivity contribution in [3.8, 4) is 0 Å². The summed E-state index contributed by atoms with van der Waals surface area (Å²) in [4.78, 5) is 23.4. The average molecular weight is 436 g/mol. The number of carboxylic acid groups (broad SMARTS) is 1. The largest absolute Gasteiger partial charge is 0.478 e. The SMILES string of the molecule is COC(=O)c1ccccc1S(=O)(=O)N1CC(C(=O)O)=CCC1c1ccc(Cl)cc1. The fraction of sp³-hybridized carbons (Fsp3) is 0.200. The Balaban J connectivity index is 2.13. The maximum Gasteiger partial charge on any atom is 0.339 e. The lowest BCUT2D eigenvalue weighted by Crippen LogP contribution is -2.40. The number of ether oxygens (including phenoxy) is 1. The van der Waals surface area contributed by atoms with E-state index in [0.717, 1.165) is 11.4 Å². The van der Waals surface area contributed by atoms with Gasteiger partial charge in [-0.05, 0) is 36.2 Å². The summed E-state index contributed by atoms with van der Waals surface area (Å²) in [6.45, 7) is -0.333. The molecule has 1 aliphatic rings. The van der Waals surface area contributed by atoms with Gasteiger partial charge >= 0.3 is 11.9 Å². The smallest absolute Gasteiger partial charge is 0.339 e. The van der Waals surface area contributed by atoms with Gasteiger partial charge in [0, 0.05) is 17.1 Å². The molecule has 1 atom stereocenters. The molecule has 1 aliphatic heterocycles. The summed E-state index contributed by atoms with van der Waals surface area (Å²) in [5.41, 5.74) is 0.514. The maximum atomic E-state index is 13.5. The first-order chi connectivity index (χ1) is 13.8. The van der Waals surface area contributed by atoms with E-state index < -0.39 is 28.0 Å². The van der Waals surface area contributed by atoms with Gasteiger partial charge in [-0.1, -0.05) is 41.9 Å². The molecule has 9 heteroatoms. The molecule has 0 saturated carbocycles. The van der Waals surface area contributed by atoms with Crippen LogP contribution in [0.2, 0.25) is 5.02 Å². The molecule has 0 saturated heterocycles. The molecule has 29 heavy (non-hydrogen) atoms. The fourth-order valence-electron chi connectivity index (χ4n) is 3.21. The topological polar surface area (TPSA) is 101 Å². The number of benzene rings is 2. The van der Waals surface area contributed by atoms with Crippen molar-refractivity contribution in [2.45, 2.75) is 17.4 Å². The summed E-state index contributed by atoms with van der Waals surface area (Å²) in [6, 6.07) is 11.7. The number of aliphatic carboxylic acids is 1. The monoisotopic (exact) mass is 435 g/mol. The van der Waals surface area contributed by atoms with E-state index in [9.17, 15) is 23.1 Å². The molecule has 1 heterocycles. The van der Waals surface area contributed by atoms with Gasteiger partial charge in [0.05, 0.1) is 23.6 Å².